The minimum Gasteiger partial charge on any atom is -0.381 e. The second kappa shape index (κ2) is 12.4. The highest BCUT2D eigenvalue weighted by Gasteiger charge is 2.23. The Bertz CT molecular complexity index is 552. The summed E-state index contributed by atoms with van der Waals surface area (Å²) in [7, 11) is 1.83. The van der Waals surface area contributed by atoms with Crippen molar-refractivity contribution in [3.63, 3.8) is 0 Å². The lowest BCUT2D eigenvalue weighted by Crippen LogP contribution is -2.45. The topological polar surface area (TPSA) is 58.1 Å². The zero-order valence-corrected chi connectivity index (χ0v) is 18.6. The lowest BCUT2D eigenvalue weighted by Gasteiger charge is -2.22. The van der Waals surface area contributed by atoms with Crippen LogP contribution in [0.15, 0.2) is 35.3 Å². The van der Waals surface area contributed by atoms with Crippen LogP contribution in [0.5, 0.6) is 0 Å². The maximum Gasteiger partial charge on any atom is 0.191 e. The third-order valence-corrected chi connectivity index (χ3v) is 5.01. The summed E-state index contributed by atoms with van der Waals surface area (Å²) in [6, 6.07) is 11.0. The van der Waals surface area contributed by atoms with Gasteiger partial charge >= 0.3 is 0 Å². The highest BCUT2D eigenvalue weighted by Crippen LogP contribution is 2.19. The van der Waals surface area contributed by atoms with Gasteiger partial charge in [-0.3, -0.25) is 4.99 Å². The average molecular weight is 488 g/mol. The third kappa shape index (κ3) is 7.46. The normalized spacial score (nSPS) is 21.0. The van der Waals surface area contributed by atoms with Gasteiger partial charge in [0.2, 0.25) is 0 Å². The molecule has 0 spiro atoms. The molecule has 0 amide bonds. The van der Waals surface area contributed by atoms with E-state index in [4.69, 9.17) is 9.47 Å². The number of nitrogens with one attached hydrogen (secondary N) is 2. The van der Waals surface area contributed by atoms with Crippen molar-refractivity contribution in [1.29, 1.82) is 0 Å². The van der Waals surface area contributed by atoms with Gasteiger partial charge in [0.1, 0.15) is 0 Å². The average Bonchev–Trinajstić information content (AvgIpc) is 3.17. The van der Waals surface area contributed by atoms with Gasteiger partial charge < -0.3 is 25.0 Å². The first kappa shape index (κ1) is 22.2. The number of para-hydroxylation sites is 1. The minimum absolute atomic E-state index is 0. The zero-order chi connectivity index (χ0) is 18.0. The Morgan fingerprint density at radius 3 is 2.74 bits per heavy atom. The van der Waals surface area contributed by atoms with Crippen LogP contribution in [0.4, 0.5) is 5.69 Å². The lowest BCUT2D eigenvalue weighted by molar-refractivity contribution is -0.0320. The molecule has 2 fully saturated rings. The van der Waals surface area contributed by atoms with E-state index in [1.165, 1.54) is 5.69 Å². The van der Waals surface area contributed by atoms with Crippen LogP contribution in [-0.2, 0) is 9.47 Å². The van der Waals surface area contributed by atoms with Crippen molar-refractivity contribution in [3.8, 4) is 0 Å². The van der Waals surface area contributed by atoms with E-state index in [1.807, 2.05) is 7.05 Å². The Morgan fingerprint density at radius 1 is 1.22 bits per heavy atom. The van der Waals surface area contributed by atoms with Crippen molar-refractivity contribution in [2.45, 2.75) is 37.8 Å². The van der Waals surface area contributed by atoms with Crippen LogP contribution in [-0.4, -0.2) is 64.6 Å². The van der Waals surface area contributed by atoms with Gasteiger partial charge in [0, 0.05) is 58.2 Å². The monoisotopic (exact) mass is 488 g/mol. The van der Waals surface area contributed by atoms with Gasteiger partial charge in [-0.15, -0.1) is 24.0 Å². The van der Waals surface area contributed by atoms with Crippen molar-refractivity contribution >= 4 is 35.6 Å². The van der Waals surface area contributed by atoms with E-state index < -0.39 is 0 Å². The molecular formula is C20H33IN4O2. The van der Waals surface area contributed by atoms with Crippen molar-refractivity contribution in [1.82, 2.24) is 10.6 Å². The molecule has 152 valence electrons. The lowest BCUT2D eigenvalue weighted by atomic mass is 10.1. The number of aliphatic imine (C=N–C) groups is 1. The highest BCUT2D eigenvalue weighted by atomic mass is 127. The van der Waals surface area contributed by atoms with Gasteiger partial charge in [0.15, 0.2) is 5.96 Å². The van der Waals surface area contributed by atoms with E-state index in [0.717, 1.165) is 71.1 Å². The van der Waals surface area contributed by atoms with Crippen molar-refractivity contribution < 1.29 is 9.47 Å². The number of rotatable bonds is 7. The summed E-state index contributed by atoms with van der Waals surface area (Å²) >= 11 is 0. The van der Waals surface area contributed by atoms with E-state index in [9.17, 15) is 0 Å². The Labute approximate surface area is 180 Å². The van der Waals surface area contributed by atoms with E-state index in [2.05, 4.69) is 50.9 Å². The van der Waals surface area contributed by atoms with Gasteiger partial charge in [-0.2, -0.15) is 0 Å². The van der Waals surface area contributed by atoms with Crippen LogP contribution in [0.2, 0.25) is 0 Å². The fraction of sp³-hybridized carbons (Fsp3) is 0.650. The van der Waals surface area contributed by atoms with Gasteiger partial charge in [0.05, 0.1) is 6.10 Å². The van der Waals surface area contributed by atoms with Crippen LogP contribution < -0.4 is 15.5 Å². The summed E-state index contributed by atoms with van der Waals surface area (Å²) in [5, 5.41) is 6.95. The van der Waals surface area contributed by atoms with Crippen molar-refractivity contribution in [2.75, 3.05) is 51.4 Å². The van der Waals surface area contributed by atoms with Crippen molar-refractivity contribution in [3.05, 3.63) is 30.3 Å². The molecule has 1 aromatic carbocycles. The molecule has 0 radical (unpaired) electrons. The standard InChI is InChI=1S/C20H32N4O2.HI/c1-21-20(22-11-5-13-26-19-9-14-25-15-10-19)23-17-8-12-24(16-17)18-6-3-2-4-7-18;/h2-4,6-7,17,19H,5,8-16H2,1H3,(H2,21,22,23);1H. The number of anilines is 1. The molecule has 27 heavy (non-hydrogen) atoms. The zero-order valence-electron chi connectivity index (χ0n) is 16.2. The Kier molecular flexibility index (Phi) is 10.2. The molecular weight excluding hydrogens is 455 g/mol. The van der Waals surface area contributed by atoms with Gasteiger partial charge in [-0.05, 0) is 37.8 Å². The van der Waals surface area contributed by atoms with E-state index in [0.29, 0.717) is 12.1 Å². The van der Waals surface area contributed by atoms with Crippen molar-refractivity contribution in [2.24, 2.45) is 4.99 Å². The number of benzene rings is 1. The van der Waals surface area contributed by atoms with Gasteiger partial charge in [-0.1, -0.05) is 18.2 Å². The van der Waals surface area contributed by atoms with Crippen LogP contribution in [0.1, 0.15) is 25.7 Å². The summed E-state index contributed by atoms with van der Waals surface area (Å²) in [5.74, 6) is 0.885. The SMILES string of the molecule is CN=C(NCCCOC1CCOCC1)NC1CCN(c2ccccc2)C1.I. The molecule has 0 aliphatic carbocycles. The molecule has 2 N–H and O–H groups in total. The van der Waals surface area contributed by atoms with E-state index in [-0.39, 0.29) is 24.0 Å². The van der Waals surface area contributed by atoms with Crippen LogP contribution >= 0.6 is 24.0 Å². The number of guanidine groups is 1. The largest absolute Gasteiger partial charge is 0.381 e. The maximum atomic E-state index is 5.91. The fourth-order valence-corrected chi connectivity index (χ4v) is 3.51. The summed E-state index contributed by atoms with van der Waals surface area (Å²) in [5.41, 5.74) is 1.30. The fourth-order valence-electron chi connectivity index (χ4n) is 3.51. The second-order valence-corrected chi connectivity index (χ2v) is 6.95. The molecule has 1 aromatic rings. The quantitative estimate of drug-likeness (QED) is 0.268. The molecule has 7 heteroatoms. The Balaban J connectivity index is 0.00000261. The second-order valence-electron chi connectivity index (χ2n) is 6.95. The molecule has 3 rings (SSSR count). The molecule has 1 unspecified atom stereocenters. The smallest absolute Gasteiger partial charge is 0.191 e. The van der Waals surface area contributed by atoms with Crippen LogP contribution in [0.25, 0.3) is 0 Å². The number of hydrogen-bond acceptors (Lipinski definition) is 4. The molecule has 0 saturated carbocycles. The maximum absolute atomic E-state index is 5.91. The molecule has 1 atom stereocenters. The molecule has 6 nitrogen and oxygen atoms in total. The molecule has 2 aliphatic rings. The van der Waals surface area contributed by atoms with Gasteiger partial charge in [0.25, 0.3) is 0 Å². The van der Waals surface area contributed by atoms with Crippen LogP contribution in [0, 0.1) is 0 Å². The first-order valence-corrected chi connectivity index (χ1v) is 9.81. The molecule has 2 saturated heterocycles. The van der Waals surface area contributed by atoms with Crippen LogP contribution in [0.3, 0.4) is 0 Å². The summed E-state index contributed by atoms with van der Waals surface area (Å²) in [6.45, 7) is 5.43. The number of nitrogens with zero attached hydrogens (tertiary/aromatic N) is 2. The molecule has 0 aromatic heterocycles. The molecule has 2 aliphatic heterocycles. The Hall–Kier alpha value is -1.06. The van der Waals surface area contributed by atoms with E-state index >= 15 is 0 Å². The number of ether oxygens (including phenoxy) is 2. The predicted molar refractivity (Wildman–Crippen MR) is 121 cm³/mol. The van der Waals surface area contributed by atoms with Gasteiger partial charge in [-0.25, -0.2) is 0 Å². The van der Waals surface area contributed by atoms with E-state index in [1.54, 1.807) is 0 Å². The Morgan fingerprint density at radius 2 is 2.00 bits per heavy atom. The highest BCUT2D eigenvalue weighted by molar-refractivity contribution is 14.0. The molecule has 0 bridgehead atoms. The number of hydrogen-bond donors (Lipinski definition) is 2. The minimum atomic E-state index is 0. The predicted octanol–water partition coefficient (Wildman–Crippen LogP) is 2.63. The first-order valence-electron chi connectivity index (χ1n) is 9.81. The first-order chi connectivity index (χ1) is 12.8. The number of halogens is 1. The molecule has 2 heterocycles. The summed E-state index contributed by atoms with van der Waals surface area (Å²) < 4.78 is 11.3. The third-order valence-electron chi connectivity index (χ3n) is 5.01. The summed E-state index contributed by atoms with van der Waals surface area (Å²) in [6.07, 6.45) is 4.54. The summed E-state index contributed by atoms with van der Waals surface area (Å²) in [4.78, 5) is 6.78.